The Morgan fingerprint density at radius 2 is 2.17 bits per heavy atom. The van der Waals surface area contributed by atoms with Gasteiger partial charge in [-0.25, -0.2) is 0 Å². The number of amides is 2. The van der Waals surface area contributed by atoms with Crippen LogP contribution in [0.25, 0.3) is 0 Å². The Kier molecular flexibility index (Phi) is 4.93. The maximum Gasteiger partial charge on any atom is 0.249 e. The molecule has 6 heteroatoms. The van der Waals surface area contributed by atoms with Crippen molar-refractivity contribution in [3.63, 3.8) is 0 Å². The molecule has 0 bridgehead atoms. The molecule has 3 rings (SSSR count). The number of nitrogens with zero attached hydrogens (tertiary/aromatic N) is 2. The fraction of sp³-hybridized carbons (Fsp3) is 0.529. The lowest BCUT2D eigenvalue weighted by atomic mass is 10.1. The Balaban J connectivity index is 1.60. The summed E-state index contributed by atoms with van der Waals surface area (Å²) < 4.78 is 5.38. The van der Waals surface area contributed by atoms with Crippen LogP contribution in [-0.2, 0) is 14.3 Å². The van der Waals surface area contributed by atoms with Crippen LogP contribution in [0.1, 0.15) is 12.8 Å². The first-order valence-electron chi connectivity index (χ1n) is 8.10. The zero-order valence-electron chi connectivity index (χ0n) is 13.4. The lowest BCUT2D eigenvalue weighted by molar-refractivity contribution is -0.137. The summed E-state index contributed by atoms with van der Waals surface area (Å²) in [5.41, 5.74) is 0.892. The number of carbonyl (C=O) groups excluding carboxylic acids is 2. The first kappa shape index (κ1) is 16.0. The van der Waals surface area contributed by atoms with E-state index in [0.717, 1.165) is 12.2 Å². The Bertz CT molecular complexity index is 557. The van der Waals surface area contributed by atoms with Crippen LogP contribution >= 0.6 is 0 Å². The van der Waals surface area contributed by atoms with Gasteiger partial charge in [0.15, 0.2) is 0 Å². The quantitative estimate of drug-likeness (QED) is 0.885. The van der Waals surface area contributed by atoms with Crippen LogP contribution in [-0.4, -0.2) is 62.1 Å². The van der Waals surface area contributed by atoms with E-state index >= 15 is 0 Å². The molecule has 2 heterocycles. The molecule has 0 radical (unpaired) electrons. The molecule has 2 unspecified atom stereocenters. The Labute approximate surface area is 136 Å². The van der Waals surface area contributed by atoms with Crippen molar-refractivity contribution in [2.24, 2.45) is 0 Å². The van der Waals surface area contributed by atoms with Gasteiger partial charge in [-0.15, -0.1) is 0 Å². The first-order valence-corrected chi connectivity index (χ1v) is 8.10. The van der Waals surface area contributed by atoms with Gasteiger partial charge >= 0.3 is 0 Å². The van der Waals surface area contributed by atoms with Gasteiger partial charge in [-0.2, -0.15) is 0 Å². The number of nitrogens with one attached hydrogen (secondary N) is 1. The van der Waals surface area contributed by atoms with Crippen molar-refractivity contribution in [2.75, 3.05) is 38.3 Å². The molecule has 2 atom stereocenters. The molecular weight excluding hydrogens is 294 g/mol. The van der Waals surface area contributed by atoms with Gasteiger partial charge < -0.3 is 19.9 Å². The van der Waals surface area contributed by atoms with Gasteiger partial charge in [0.25, 0.3) is 0 Å². The van der Waals surface area contributed by atoms with Crippen LogP contribution in [0.5, 0.6) is 0 Å². The number of rotatable bonds is 4. The van der Waals surface area contributed by atoms with Crippen molar-refractivity contribution < 1.29 is 14.3 Å². The minimum Gasteiger partial charge on any atom is -0.378 e. The second-order valence-corrected chi connectivity index (χ2v) is 6.06. The van der Waals surface area contributed by atoms with Crippen molar-refractivity contribution in [2.45, 2.75) is 24.9 Å². The van der Waals surface area contributed by atoms with Crippen molar-refractivity contribution >= 4 is 17.5 Å². The molecule has 1 aromatic rings. The number of para-hydroxylation sites is 1. The molecule has 2 aliphatic rings. The third kappa shape index (κ3) is 3.54. The summed E-state index contributed by atoms with van der Waals surface area (Å²) in [6, 6.07) is 9.28. The van der Waals surface area contributed by atoms with E-state index in [1.165, 1.54) is 0 Å². The maximum absolute atomic E-state index is 12.6. The second kappa shape index (κ2) is 7.10. The topological polar surface area (TPSA) is 61.9 Å². The summed E-state index contributed by atoms with van der Waals surface area (Å²) >= 11 is 0. The van der Waals surface area contributed by atoms with Gasteiger partial charge in [0.1, 0.15) is 6.04 Å². The third-order valence-electron chi connectivity index (χ3n) is 4.53. The van der Waals surface area contributed by atoms with E-state index < -0.39 is 0 Å². The Morgan fingerprint density at radius 1 is 1.39 bits per heavy atom. The zero-order chi connectivity index (χ0) is 16.2. The van der Waals surface area contributed by atoms with E-state index in [0.29, 0.717) is 32.6 Å². The summed E-state index contributed by atoms with van der Waals surface area (Å²) in [6.07, 6.45) is 1.04. The van der Waals surface area contributed by atoms with Gasteiger partial charge in [0.05, 0.1) is 13.2 Å². The molecule has 0 aliphatic carbocycles. The number of ether oxygens (including phenoxy) is 1. The highest BCUT2D eigenvalue weighted by Crippen LogP contribution is 2.24. The fourth-order valence-corrected chi connectivity index (χ4v) is 3.17. The lowest BCUT2D eigenvalue weighted by Gasteiger charge is -2.28. The monoisotopic (exact) mass is 317 g/mol. The molecule has 124 valence electrons. The smallest absolute Gasteiger partial charge is 0.249 e. The van der Waals surface area contributed by atoms with Gasteiger partial charge in [0, 0.05) is 38.3 Å². The van der Waals surface area contributed by atoms with Crippen molar-refractivity contribution in [1.82, 2.24) is 10.2 Å². The highest BCUT2D eigenvalue weighted by Gasteiger charge is 2.37. The summed E-state index contributed by atoms with van der Waals surface area (Å²) in [4.78, 5) is 28.4. The molecule has 0 aromatic heterocycles. The van der Waals surface area contributed by atoms with Crippen LogP contribution in [0.2, 0.25) is 0 Å². The number of hydrogen-bond donors (Lipinski definition) is 1. The van der Waals surface area contributed by atoms with Crippen LogP contribution < -0.4 is 10.2 Å². The van der Waals surface area contributed by atoms with Gasteiger partial charge in [-0.05, 0) is 18.6 Å². The summed E-state index contributed by atoms with van der Waals surface area (Å²) in [5, 5.41) is 3.27. The van der Waals surface area contributed by atoms with Gasteiger partial charge in [-0.3, -0.25) is 9.59 Å². The van der Waals surface area contributed by atoms with E-state index in [9.17, 15) is 9.59 Å². The van der Waals surface area contributed by atoms with E-state index in [-0.39, 0.29) is 23.9 Å². The number of carbonyl (C=O) groups is 2. The summed E-state index contributed by atoms with van der Waals surface area (Å²) in [5.74, 6) is -0.0128. The van der Waals surface area contributed by atoms with Crippen molar-refractivity contribution in [1.29, 1.82) is 0 Å². The van der Waals surface area contributed by atoms with Crippen molar-refractivity contribution in [3.8, 4) is 0 Å². The molecule has 2 fully saturated rings. The minimum absolute atomic E-state index is 0.0000895. The van der Waals surface area contributed by atoms with Crippen LogP contribution in [0.15, 0.2) is 30.3 Å². The molecule has 2 aliphatic heterocycles. The van der Waals surface area contributed by atoms with E-state index in [2.05, 4.69) is 5.32 Å². The lowest BCUT2D eigenvalue weighted by Crippen LogP contribution is -2.48. The molecule has 2 saturated heterocycles. The molecule has 1 aromatic carbocycles. The number of morpholine rings is 1. The molecule has 1 N–H and O–H groups in total. The predicted octanol–water partition coefficient (Wildman–Crippen LogP) is 0.629. The second-order valence-electron chi connectivity index (χ2n) is 6.06. The Hall–Kier alpha value is -1.92. The fourth-order valence-electron chi connectivity index (χ4n) is 3.17. The average Bonchev–Trinajstić information content (AvgIpc) is 2.97. The predicted molar refractivity (Wildman–Crippen MR) is 87.2 cm³/mol. The normalized spacial score (nSPS) is 24.7. The largest absolute Gasteiger partial charge is 0.378 e. The van der Waals surface area contributed by atoms with Crippen LogP contribution in [0, 0.1) is 0 Å². The first-order chi connectivity index (χ1) is 11.2. The van der Waals surface area contributed by atoms with Gasteiger partial charge in [0.2, 0.25) is 11.8 Å². The summed E-state index contributed by atoms with van der Waals surface area (Å²) in [7, 11) is 1.73. The van der Waals surface area contributed by atoms with Crippen LogP contribution in [0.3, 0.4) is 0 Å². The third-order valence-corrected chi connectivity index (χ3v) is 4.53. The highest BCUT2D eigenvalue weighted by molar-refractivity contribution is 6.01. The average molecular weight is 317 g/mol. The number of benzene rings is 1. The van der Waals surface area contributed by atoms with Crippen LogP contribution in [0.4, 0.5) is 5.69 Å². The highest BCUT2D eigenvalue weighted by atomic mass is 16.5. The SMILES string of the molecule is CN(C(=O)CC1COCCN1)C1CCN(c2ccccc2)C1=O. The number of likely N-dealkylation sites (N-methyl/N-ethyl adjacent to an activating group) is 1. The maximum atomic E-state index is 12.6. The molecule has 6 nitrogen and oxygen atoms in total. The van der Waals surface area contributed by atoms with Gasteiger partial charge in [-0.1, -0.05) is 18.2 Å². The molecular formula is C17H23N3O3. The number of anilines is 1. The summed E-state index contributed by atoms with van der Waals surface area (Å²) in [6.45, 7) is 2.66. The standard InChI is InChI=1S/C17H23N3O3/c1-19(16(21)11-13-12-23-10-8-18-13)15-7-9-20(17(15)22)14-5-3-2-4-6-14/h2-6,13,15,18H,7-12H2,1H3. The molecule has 23 heavy (non-hydrogen) atoms. The molecule has 0 saturated carbocycles. The molecule has 2 amide bonds. The Morgan fingerprint density at radius 3 is 2.87 bits per heavy atom. The minimum atomic E-state index is -0.368. The van der Waals surface area contributed by atoms with E-state index in [1.807, 2.05) is 30.3 Å². The van der Waals surface area contributed by atoms with Crippen molar-refractivity contribution in [3.05, 3.63) is 30.3 Å². The number of hydrogen-bond acceptors (Lipinski definition) is 4. The van der Waals surface area contributed by atoms with E-state index in [1.54, 1.807) is 16.8 Å². The van der Waals surface area contributed by atoms with E-state index in [4.69, 9.17) is 4.74 Å². The zero-order valence-corrected chi connectivity index (χ0v) is 13.4. The molecule has 0 spiro atoms.